The Kier molecular flexibility index (Phi) is 6.14. The molecule has 1 aliphatic rings. The zero-order chi connectivity index (χ0) is 25.4. The van der Waals surface area contributed by atoms with Gasteiger partial charge >= 0.3 is 11.9 Å². The summed E-state index contributed by atoms with van der Waals surface area (Å²) in [5.74, 6) is -4.00. The van der Waals surface area contributed by atoms with Crippen molar-refractivity contribution in [2.24, 2.45) is 0 Å². The van der Waals surface area contributed by atoms with Crippen molar-refractivity contribution in [1.82, 2.24) is 4.98 Å². The number of hydrogen-bond acceptors (Lipinski definition) is 9. The second-order valence-corrected chi connectivity index (χ2v) is 8.41. The summed E-state index contributed by atoms with van der Waals surface area (Å²) in [6.45, 7) is 1.52. The number of hydrogen-bond donors (Lipinski definition) is 1. The van der Waals surface area contributed by atoms with Gasteiger partial charge in [0.25, 0.3) is 11.5 Å². The maximum atomic E-state index is 13.4. The number of aliphatic hydroxyl groups is 1. The third kappa shape index (κ3) is 4.15. The summed E-state index contributed by atoms with van der Waals surface area (Å²) in [5.41, 5.74) is -0.218. The van der Waals surface area contributed by atoms with Crippen molar-refractivity contribution < 1.29 is 33.5 Å². The van der Waals surface area contributed by atoms with Crippen molar-refractivity contribution in [3.63, 3.8) is 0 Å². The van der Waals surface area contributed by atoms with E-state index in [4.69, 9.17) is 4.74 Å². The Morgan fingerprint density at radius 2 is 1.91 bits per heavy atom. The van der Waals surface area contributed by atoms with Crippen molar-refractivity contribution in [2.45, 2.75) is 13.0 Å². The summed E-state index contributed by atoms with van der Waals surface area (Å²) in [4.78, 5) is 54.4. The lowest BCUT2D eigenvalue weighted by Crippen LogP contribution is -2.29. The molecule has 1 atom stereocenters. The molecule has 0 saturated carbocycles. The number of ether oxygens (including phenoxy) is 1. The van der Waals surface area contributed by atoms with Crippen LogP contribution < -0.4 is 4.90 Å². The number of aryl methyl sites for hydroxylation is 1. The molecular formula is C23H16FN3O7S. The molecule has 12 heteroatoms. The van der Waals surface area contributed by atoms with E-state index < -0.39 is 40.2 Å². The van der Waals surface area contributed by atoms with Crippen molar-refractivity contribution in [3.05, 3.63) is 91.7 Å². The molecule has 0 aliphatic carbocycles. The Balaban J connectivity index is 1.96. The Morgan fingerprint density at radius 1 is 1.23 bits per heavy atom. The SMILES string of the molecule is COC(=O)c1sc(N2C(=O)C(=O)/C(=C(/O)c3ccc(F)cc3)C2c2cccc([N+](=O)[O-])c2)nc1C. The summed E-state index contributed by atoms with van der Waals surface area (Å²) in [7, 11) is 1.18. The summed E-state index contributed by atoms with van der Waals surface area (Å²) >= 11 is 0.795. The Hall–Kier alpha value is -4.45. The largest absolute Gasteiger partial charge is 0.507 e. The first-order chi connectivity index (χ1) is 16.6. The molecule has 1 N–H and O–H groups in total. The summed E-state index contributed by atoms with van der Waals surface area (Å²) in [5, 5.41) is 22.3. The van der Waals surface area contributed by atoms with Gasteiger partial charge in [-0.15, -0.1) is 0 Å². The van der Waals surface area contributed by atoms with Crippen LogP contribution in [0.3, 0.4) is 0 Å². The number of thiazole rings is 1. The molecule has 178 valence electrons. The van der Waals surface area contributed by atoms with Crippen LogP contribution in [0.5, 0.6) is 0 Å². The molecule has 10 nitrogen and oxygen atoms in total. The van der Waals surface area contributed by atoms with E-state index in [-0.39, 0.29) is 38.1 Å². The molecule has 4 rings (SSSR count). The third-order valence-electron chi connectivity index (χ3n) is 5.32. The Morgan fingerprint density at radius 3 is 2.54 bits per heavy atom. The van der Waals surface area contributed by atoms with Gasteiger partial charge in [0.1, 0.15) is 16.5 Å². The molecule has 1 aliphatic heterocycles. The lowest BCUT2D eigenvalue weighted by molar-refractivity contribution is -0.384. The highest BCUT2D eigenvalue weighted by Gasteiger charge is 2.48. The molecule has 1 unspecified atom stereocenters. The van der Waals surface area contributed by atoms with Gasteiger partial charge in [0, 0.05) is 17.7 Å². The van der Waals surface area contributed by atoms with Gasteiger partial charge in [0.15, 0.2) is 5.13 Å². The maximum absolute atomic E-state index is 13.4. The van der Waals surface area contributed by atoms with E-state index in [0.29, 0.717) is 0 Å². The zero-order valence-electron chi connectivity index (χ0n) is 18.2. The maximum Gasteiger partial charge on any atom is 0.350 e. The fourth-order valence-electron chi connectivity index (χ4n) is 3.68. The number of halogens is 1. The Labute approximate surface area is 201 Å². The minimum Gasteiger partial charge on any atom is -0.507 e. The van der Waals surface area contributed by atoms with Crippen LogP contribution in [0.4, 0.5) is 15.2 Å². The summed E-state index contributed by atoms with van der Waals surface area (Å²) < 4.78 is 18.1. The number of aliphatic hydroxyl groups excluding tert-OH is 1. The van der Waals surface area contributed by atoms with Gasteiger partial charge in [-0.05, 0) is 36.8 Å². The van der Waals surface area contributed by atoms with E-state index in [2.05, 4.69) is 4.98 Å². The van der Waals surface area contributed by atoms with Gasteiger partial charge in [0.05, 0.1) is 29.3 Å². The molecule has 1 amide bonds. The predicted molar refractivity (Wildman–Crippen MR) is 122 cm³/mol. The van der Waals surface area contributed by atoms with E-state index in [1.807, 2.05) is 0 Å². The highest BCUT2D eigenvalue weighted by atomic mass is 32.1. The average Bonchev–Trinajstić information content (AvgIpc) is 3.35. The first kappa shape index (κ1) is 23.7. The first-order valence-electron chi connectivity index (χ1n) is 10.0. The number of amides is 1. The predicted octanol–water partition coefficient (Wildman–Crippen LogP) is 3.91. The van der Waals surface area contributed by atoms with Gasteiger partial charge < -0.3 is 9.84 Å². The number of Topliss-reactive ketones (excluding diaryl/α,β-unsaturated/α-hetero) is 1. The molecule has 35 heavy (non-hydrogen) atoms. The molecule has 3 aromatic rings. The topological polar surface area (TPSA) is 140 Å². The third-order valence-corrected chi connectivity index (χ3v) is 6.46. The highest BCUT2D eigenvalue weighted by molar-refractivity contribution is 7.17. The lowest BCUT2D eigenvalue weighted by atomic mass is 9.95. The van der Waals surface area contributed by atoms with Crippen LogP contribution >= 0.6 is 11.3 Å². The number of nitro benzene ring substituents is 1. The highest BCUT2D eigenvalue weighted by Crippen LogP contribution is 2.44. The Bertz CT molecular complexity index is 1410. The second-order valence-electron chi connectivity index (χ2n) is 7.43. The van der Waals surface area contributed by atoms with E-state index in [1.54, 1.807) is 0 Å². The molecule has 1 aromatic heterocycles. The quantitative estimate of drug-likeness (QED) is 0.140. The van der Waals surface area contributed by atoms with Crippen LogP contribution in [0.15, 0.2) is 54.1 Å². The molecule has 0 spiro atoms. The number of carbonyl (C=O) groups excluding carboxylic acids is 3. The van der Waals surface area contributed by atoms with E-state index in [0.717, 1.165) is 28.4 Å². The number of benzene rings is 2. The van der Waals surface area contributed by atoms with E-state index in [1.165, 1.54) is 50.4 Å². The van der Waals surface area contributed by atoms with Crippen LogP contribution in [-0.2, 0) is 14.3 Å². The van der Waals surface area contributed by atoms with Crippen LogP contribution in [0.2, 0.25) is 0 Å². The van der Waals surface area contributed by atoms with Crippen LogP contribution in [0, 0.1) is 22.9 Å². The number of rotatable bonds is 5. The van der Waals surface area contributed by atoms with Crippen LogP contribution in [0.25, 0.3) is 5.76 Å². The number of nitro groups is 1. The average molecular weight is 497 g/mol. The number of aromatic nitrogens is 1. The van der Waals surface area contributed by atoms with Gasteiger partial charge in [0.2, 0.25) is 0 Å². The minimum atomic E-state index is -1.31. The van der Waals surface area contributed by atoms with Gasteiger partial charge in [-0.25, -0.2) is 14.2 Å². The monoisotopic (exact) mass is 497 g/mol. The van der Waals surface area contributed by atoms with Crippen LogP contribution in [0.1, 0.15) is 32.5 Å². The number of ketones is 1. The minimum absolute atomic E-state index is 0.0420. The van der Waals surface area contributed by atoms with Crippen LogP contribution in [-0.4, -0.2) is 39.8 Å². The first-order valence-corrected chi connectivity index (χ1v) is 10.8. The number of esters is 1. The fourth-order valence-corrected chi connectivity index (χ4v) is 4.70. The van der Waals surface area contributed by atoms with Crippen molar-refractivity contribution in [2.75, 3.05) is 12.0 Å². The smallest absolute Gasteiger partial charge is 0.350 e. The molecular weight excluding hydrogens is 481 g/mol. The van der Waals surface area contributed by atoms with Gasteiger partial charge in [-0.1, -0.05) is 23.5 Å². The van der Waals surface area contributed by atoms with Gasteiger partial charge in [-0.3, -0.25) is 24.6 Å². The molecule has 1 saturated heterocycles. The van der Waals surface area contributed by atoms with Crippen molar-refractivity contribution in [1.29, 1.82) is 0 Å². The molecule has 0 bridgehead atoms. The van der Waals surface area contributed by atoms with Crippen molar-refractivity contribution in [3.8, 4) is 0 Å². The zero-order valence-corrected chi connectivity index (χ0v) is 19.0. The number of nitrogens with zero attached hydrogens (tertiary/aromatic N) is 3. The summed E-state index contributed by atoms with van der Waals surface area (Å²) in [6.07, 6.45) is 0. The number of non-ortho nitro benzene ring substituents is 1. The fraction of sp³-hybridized carbons (Fsp3) is 0.130. The second kappa shape index (κ2) is 9.06. The van der Waals surface area contributed by atoms with E-state index in [9.17, 15) is 34.0 Å². The molecule has 1 fully saturated rings. The van der Waals surface area contributed by atoms with Crippen molar-refractivity contribution >= 4 is 45.6 Å². The normalized spacial score (nSPS) is 17.0. The summed E-state index contributed by atoms with van der Waals surface area (Å²) in [6, 6.07) is 8.52. The van der Waals surface area contributed by atoms with Gasteiger partial charge in [-0.2, -0.15) is 0 Å². The number of carbonyl (C=O) groups is 3. The molecule has 2 heterocycles. The number of anilines is 1. The lowest BCUT2D eigenvalue weighted by Gasteiger charge is -2.22. The van der Waals surface area contributed by atoms with E-state index >= 15 is 0 Å². The molecule has 0 radical (unpaired) electrons. The number of methoxy groups -OCH3 is 1. The standard InChI is InChI=1S/C23H16FN3O7S/c1-11-20(22(31)34-2)35-23(25-11)26-17(13-4-3-5-15(10-13)27(32)33)16(19(29)21(26)30)18(28)12-6-8-14(24)9-7-12/h3-10,17,28H,1-2H3/b18-16+. The molecule has 2 aromatic carbocycles.